The molecule has 0 N–H and O–H groups in total. The number of rotatable bonds is 11. The van der Waals surface area contributed by atoms with Gasteiger partial charge in [-0.2, -0.15) is 0 Å². The summed E-state index contributed by atoms with van der Waals surface area (Å²) in [6.07, 6.45) is 16.3. The third-order valence-electron chi connectivity index (χ3n) is 3.85. The van der Waals surface area contributed by atoms with Crippen molar-refractivity contribution in [3.8, 4) is 5.75 Å². The maximum absolute atomic E-state index is 10.8. The van der Waals surface area contributed by atoms with E-state index in [0.29, 0.717) is 5.56 Å². The average molecular weight is 320 g/mol. The van der Waals surface area contributed by atoms with Crippen molar-refractivity contribution >= 4 is 16.3 Å². The van der Waals surface area contributed by atoms with E-state index in [4.69, 9.17) is 0 Å². The normalized spacial score (nSPS) is 10.0. The zero-order chi connectivity index (χ0) is 16.5. The van der Waals surface area contributed by atoms with Crippen LogP contribution >= 0.6 is 0 Å². The lowest BCUT2D eigenvalue weighted by molar-refractivity contribution is 0.354. The molecule has 0 spiro atoms. The van der Waals surface area contributed by atoms with Gasteiger partial charge in [-0.25, -0.2) is 0 Å². The second-order valence-corrected chi connectivity index (χ2v) is 6.92. The Labute approximate surface area is 141 Å². The summed E-state index contributed by atoms with van der Waals surface area (Å²) >= 11 is 0. The van der Waals surface area contributed by atoms with Gasteiger partial charge in [-0.1, -0.05) is 108 Å². The minimum Gasteiger partial charge on any atom is -0.289 e. The van der Waals surface area contributed by atoms with Gasteiger partial charge in [-0.15, -0.1) is 0 Å². The van der Waals surface area contributed by atoms with Crippen molar-refractivity contribution in [3.63, 3.8) is 0 Å². The standard InChI is InChI=1S/C12H28Si.C8H7O/c1-2-3-4-5-6-7-8-9-10-11-12-13;1-2-7-5-3-4-6-8(7)9/h2-12H2,1,13H3;2-6H,1H2. The van der Waals surface area contributed by atoms with Gasteiger partial charge in [-0.3, -0.25) is 5.11 Å². The fraction of sp³-hybridized carbons (Fsp3) is 0.600. The molecular formula is C20H35OSi. The van der Waals surface area contributed by atoms with Crippen LogP contribution in [0.4, 0.5) is 0 Å². The highest BCUT2D eigenvalue weighted by Gasteiger charge is 1.93. The first-order chi connectivity index (χ1) is 10.8. The van der Waals surface area contributed by atoms with Gasteiger partial charge in [0.1, 0.15) is 0 Å². The van der Waals surface area contributed by atoms with E-state index < -0.39 is 0 Å². The first-order valence-corrected chi connectivity index (χ1v) is 10.6. The van der Waals surface area contributed by atoms with Crippen molar-refractivity contribution in [2.45, 2.75) is 77.2 Å². The minimum atomic E-state index is 0.0347. The monoisotopic (exact) mass is 319 g/mol. The fourth-order valence-electron chi connectivity index (χ4n) is 2.39. The Morgan fingerprint density at radius 3 is 1.82 bits per heavy atom. The Bertz CT molecular complexity index is 352. The summed E-state index contributed by atoms with van der Waals surface area (Å²) < 4.78 is 0. The molecule has 1 aromatic rings. The highest BCUT2D eigenvalue weighted by molar-refractivity contribution is 6.08. The van der Waals surface area contributed by atoms with Crippen LogP contribution in [0.2, 0.25) is 6.04 Å². The van der Waals surface area contributed by atoms with Crippen LogP contribution in [-0.2, 0) is 5.11 Å². The van der Waals surface area contributed by atoms with Crippen LogP contribution < -0.4 is 0 Å². The number of benzene rings is 1. The van der Waals surface area contributed by atoms with Gasteiger partial charge >= 0.3 is 0 Å². The first-order valence-electron chi connectivity index (χ1n) is 9.14. The van der Waals surface area contributed by atoms with Crippen LogP contribution in [0.1, 0.15) is 76.7 Å². The van der Waals surface area contributed by atoms with Crippen LogP contribution in [0.15, 0.2) is 30.8 Å². The number of para-hydroxylation sites is 1. The molecule has 0 fully saturated rings. The molecule has 1 radical (unpaired) electrons. The molecule has 0 atom stereocenters. The largest absolute Gasteiger partial charge is 0.289 e. The molecule has 0 heterocycles. The lowest BCUT2D eigenvalue weighted by Crippen LogP contribution is -1.81. The van der Waals surface area contributed by atoms with E-state index in [1.54, 1.807) is 18.2 Å². The lowest BCUT2D eigenvalue weighted by Gasteiger charge is -2.00. The third-order valence-corrected chi connectivity index (χ3v) is 4.55. The molecule has 0 aliphatic heterocycles. The Kier molecular flexibility index (Phi) is 15.6. The van der Waals surface area contributed by atoms with Crippen molar-refractivity contribution in [1.29, 1.82) is 0 Å². The van der Waals surface area contributed by atoms with E-state index in [0.717, 1.165) is 0 Å². The van der Waals surface area contributed by atoms with Gasteiger partial charge in [0.2, 0.25) is 0 Å². The lowest BCUT2D eigenvalue weighted by atomic mass is 10.1. The van der Waals surface area contributed by atoms with E-state index >= 15 is 0 Å². The summed E-state index contributed by atoms with van der Waals surface area (Å²) in [5.74, 6) is 0.0347. The number of hydrogen-bond acceptors (Lipinski definition) is 0. The zero-order valence-electron chi connectivity index (χ0n) is 14.8. The van der Waals surface area contributed by atoms with E-state index in [1.807, 2.05) is 6.07 Å². The molecule has 1 nitrogen and oxygen atoms in total. The molecule has 0 unspecified atom stereocenters. The van der Waals surface area contributed by atoms with Gasteiger partial charge in [0.25, 0.3) is 0 Å². The molecule has 0 aromatic heterocycles. The van der Waals surface area contributed by atoms with Gasteiger partial charge in [0.05, 0.1) is 0 Å². The van der Waals surface area contributed by atoms with Crippen LogP contribution in [0.5, 0.6) is 5.75 Å². The predicted molar refractivity (Wildman–Crippen MR) is 103 cm³/mol. The maximum Gasteiger partial charge on any atom is 0.185 e. The summed E-state index contributed by atoms with van der Waals surface area (Å²) in [5.41, 5.74) is 0.664. The van der Waals surface area contributed by atoms with Crippen LogP contribution in [0.3, 0.4) is 0 Å². The average Bonchev–Trinajstić information content (AvgIpc) is 2.54. The summed E-state index contributed by atoms with van der Waals surface area (Å²) in [6, 6.07) is 8.32. The van der Waals surface area contributed by atoms with Crippen LogP contribution in [-0.4, -0.2) is 10.2 Å². The molecule has 0 bridgehead atoms. The predicted octanol–water partition coefficient (Wildman–Crippen LogP) is 6.16. The van der Waals surface area contributed by atoms with Crippen LogP contribution in [0.25, 0.3) is 6.08 Å². The molecule has 1 aromatic carbocycles. The highest BCUT2D eigenvalue weighted by atomic mass is 28.1. The fourth-order valence-corrected chi connectivity index (χ4v) is 2.89. The molecule has 1 rings (SSSR count). The Balaban J connectivity index is 0.000000425. The summed E-state index contributed by atoms with van der Waals surface area (Å²) in [7, 11) is 1.41. The van der Waals surface area contributed by atoms with Crippen LogP contribution in [0, 0.1) is 0 Å². The quantitative estimate of drug-likeness (QED) is 0.343. The Hall–Kier alpha value is -1.02. The zero-order valence-corrected chi connectivity index (χ0v) is 16.8. The molecule has 125 valence electrons. The van der Waals surface area contributed by atoms with Crippen molar-refractivity contribution < 1.29 is 5.11 Å². The second-order valence-electron chi connectivity index (χ2n) is 5.92. The maximum atomic E-state index is 10.8. The molecule has 22 heavy (non-hydrogen) atoms. The third kappa shape index (κ3) is 12.7. The van der Waals surface area contributed by atoms with Gasteiger partial charge in [0, 0.05) is 15.8 Å². The summed E-state index contributed by atoms with van der Waals surface area (Å²) in [4.78, 5) is 0. The van der Waals surface area contributed by atoms with Gasteiger partial charge < -0.3 is 0 Å². The van der Waals surface area contributed by atoms with E-state index in [9.17, 15) is 5.11 Å². The van der Waals surface area contributed by atoms with E-state index in [1.165, 1.54) is 86.6 Å². The SMILES string of the molecule is C=Cc1ccccc1[O].CCCCCCCCCCCC[SiH3]. The number of hydrogen-bond donors (Lipinski definition) is 0. The molecule has 0 aliphatic carbocycles. The topological polar surface area (TPSA) is 19.9 Å². The molecular weight excluding hydrogens is 284 g/mol. The first kappa shape index (κ1) is 21.0. The molecule has 2 heteroatoms. The smallest absolute Gasteiger partial charge is 0.185 e. The Morgan fingerprint density at radius 1 is 0.909 bits per heavy atom. The van der Waals surface area contributed by atoms with E-state index in [2.05, 4.69) is 13.5 Å². The second kappa shape index (κ2) is 16.3. The van der Waals surface area contributed by atoms with Crippen molar-refractivity contribution in [1.82, 2.24) is 0 Å². The Morgan fingerprint density at radius 2 is 1.41 bits per heavy atom. The summed E-state index contributed by atoms with van der Waals surface area (Å²) in [6.45, 7) is 5.78. The van der Waals surface area contributed by atoms with Gasteiger partial charge in [-0.05, 0) is 6.07 Å². The molecule has 0 aliphatic rings. The van der Waals surface area contributed by atoms with E-state index in [-0.39, 0.29) is 5.75 Å². The molecule has 0 saturated heterocycles. The van der Waals surface area contributed by atoms with Crippen molar-refractivity contribution in [2.75, 3.05) is 0 Å². The molecule has 0 saturated carbocycles. The van der Waals surface area contributed by atoms with Crippen molar-refractivity contribution in [3.05, 3.63) is 36.4 Å². The minimum absolute atomic E-state index is 0.0347. The highest BCUT2D eigenvalue weighted by Crippen LogP contribution is 2.16. The summed E-state index contributed by atoms with van der Waals surface area (Å²) in [5, 5.41) is 10.8. The molecule has 0 amide bonds. The van der Waals surface area contributed by atoms with Crippen molar-refractivity contribution in [2.24, 2.45) is 0 Å². The number of unbranched alkanes of at least 4 members (excludes halogenated alkanes) is 9. The van der Waals surface area contributed by atoms with Gasteiger partial charge in [0.15, 0.2) is 5.75 Å².